The van der Waals surface area contributed by atoms with E-state index in [1.165, 1.54) is 23.5 Å². The largest absolute Gasteiger partial charge is 0.491 e. The number of rotatable bonds is 14. The minimum Gasteiger partial charge on any atom is -0.491 e. The lowest BCUT2D eigenvalue weighted by atomic mass is 10.0. The Morgan fingerprint density at radius 2 is 2.04 bits per heavy atom. The number of nitrogens with one attached hydrogen (secondary N) is 1. The van der Waals surface area contributed by atoms with Crippen molar-refractivity contribution >= 4 is 60.8 Å². The molecule has 0 unspecified atom stereocenters. The van der Waals surface area contributed by atoms with Crippen LogP contribution in [-0.2, 0) is 12.8 Å². The summed E-state index contributed by atoms with van der Waals surface area (Å²) in [6.45, 7) is 3.53. The maximum atomic E-state index is 14.8. The molecule has 51 heavy (non-hydrogen) atoms. The van der Waals surface area contributed by atoms with E-state index in [9.17, 15) is 19.4 Å². The number of aliphatic hydroxyl groups is 2. The SMILES string of the molecule is Cc1c(Nc2nc3ccccc3s2)nnc2c1CCCN2c1nc(C(=O)O)c(CCCOc2ccc(C#CCN(C)CC[C@H](O)CO)cc2F)s1. The third-order valence-electron chi connectivity index (χ3n) is 8.40. The Morgan fingerprint density at radius 1 is 1.20 bits per heavy atom. The lowest BCUT2D eigenvalue weighted by Crippen LogP contribution is -2.27. The van der Waals surface area contributed by atoms with Gasteiger partial charge >= 0.3 is 5.97 Å². The number of aromatic nitrogens is 4. The highest BCUT2D eigenvalue weighted by molar-refractivity contribution is 7.22. The molecule has 0 spiro atoms. The zero-order valence-electron chi connectivity index (χ0n) is 28.2. The first-order chi connectivity index (χ1) is 24.7. The number of ether oxygens (including phenoxy) is 1. The summed E-state index contributed by atoms with van der Waals surface area (Å²) >= 11 is 2.86. The van der Waals surface area contributed by atoms with Crippen LogP contribution in [0.2, 0.25) is 0 Å². The van der Waals surface area contributed by atoms with E-state index in [2.05, 4.69) is 37.3 Å². The maximum Gasteiger partial charge on any atom is 0.355 e. The van der Waals surface area contributed by atoms with Crippen molar-refractivity contribution in [2.45, 2.75) is 45.1 Å². The number of carboxylic acids is 1. The molecule has 6 rings (SSSR count). The van der Waals surface area contributed by atoms with Crippen molar-refractivity contribution in [2.75, 3.05) is 50.1 Å². The monoisotopic (exact) mass is 731 g/mol. The summed E-state index contributed by atoms with van der Waals surface area (Å²) < 4.78 is 21.6. The van der Waals surface area contributed by atoms with Crippen LogP contribution in [0.5, 0.6) is 5.75 Å². The molecule has 0 saturated carbocycles. The summed E-state index contributed by atoms with van der Waals surface area (Å²) in [7, 11) is 1.85. The fourth-order valence-electron chi connectivity index (χ4n) is 5.63. The molecule has 12 nitrogen and oxygen atoms in total. The van der Waals surface area contributed by atoms with Crippen LogP contribution < -0.4 is 15.0 Å². The number of thiazole rings is 2. The fourth-order valence-corrected chi connectivity index (χ4v) is 7.62. The number of anilines is 4. The van der Waals surface area contributed by atoms with Crippen molar-refractivity contribution in [1.29, 1.82) is 0 Å². The number of hydrogen-bond donors (Lipinski definition) is 4. The van der Waals surface area contributed by atoms with E-state index in [0.29, 0.717) is 66.1 Å². The van der Waals surface area contributed by atoms with Gasteiger partial charge in [0.1, 0.15) is 0 Å². The molecular weight excluding hydrogens is 694 g/mol. The molecule has 0 radical (unpaired) electrons. The Kier molecular flexibility index (Phi) is 11.7. The molecule has 0 amide bonds. The Balaban J connectivity index is 1.07. The van der Waals surface area contributed by atoms with Crippen LogP contribution in [0.25, 0.3) is 10.2 Å². The van der Waals surface area contributed by atoms with Gasteiger partial charge in [-0.1, -0.05) is 35.3 Å². The Bertz CT molecular complexity index is 2040. The predicted molar refractivity (Wildman–Crippen MR) is 196 cm³/mol. The molecule has 2 aromatic carbocycles. The van der Waals surface area contributed by atoms with Gasteiger partial charge in [0.05, 0.1) is 36.1 Å². The lowest BCUT2D eigenvalue weighted by Gasteiger charge is -2.28. The van der Waals surface area contributed by atoms with Crippen molar-refractivity contribution in [2.24, 2.45) is 0 Å². The van der Waals surface area contributed by atoms with Gasteiger partial charge in [-0.25, -0.2) is 19.2 Å². The number of carbonyl (C=O) groups is 1. The molecule has 4 N–H and O–H groups in total. The van der Waals surface area contributed by atoms with Gasteiger partial charge in [-0.2, -0.15) is 0 Å². The highest BCUT2D eigenvalue weighted by Crippen LogP contribution is 2.39. The second-order valence-corrected chi connectivity index (χ2v) is 14.3. The van der Waals surface area contributed by atoms with Gasteiger partial charge in [0.15, 0.2) is 39.2 Å². The molecule has 5 aromatic rings. The molecule has 0 aliphatic carbocycles. The van der Waals surface area contributed by atoms with Gasteiger partial charge in [0, 0.05) is 34.7 Å². The number of carboxylic acid groups (broad SMARTS) is 1. The Morgan fingerprint density at radius 3 is 2.82 bits per heavy atom. The minimum absolute atomic E-state index is 0.00902. The summed E-state index contributed by atoms with van der Waals surface area (Å²) in [5, 5.41) is 42.0. The molecule has 266 valence electrons. The van der Waals surface area contributed by atoms with Gasteiger partial charge in [-0.15, -0.1) is 21.5 Å². The number of nitrogens with zero attached hydrogens (tertiary/aromatic N) is 6. The first-order valence-electron chi connectivity index (χ1n) is 16.6. The van der Waals surface area contributed by atoms with Crippen LogP contribution in [0.4, 0.5) is 26.3 Å². The number of hydrogen-bond acceptors (Lipinski definition) is 13. The predicted octanol–water partition coefficient (Wildman–Crippen LogP) is 5.55. The van der Waals surface area contributed by atoms with E-state index in [1.807, 2.05) is 48.0 Å². The van der Waals surface area contributed by atoms with Crippen LogP contribution in [0.3, 0.4) is 0 Å². The summed E-state index contributed by atoms with van der Waals surface area (Å²) in [4.78, 5) is 25.8. The number of fused-ring (bicyclic) bond motifs is 2. The first kappa shape index (κ1) is 36.1. The van der Waals surface area contributed by atoms with Crippen molar-refractivity contribution < 1.29 is 29.2 Å². The molecule has 1 aliphatic rings. The molecule has 0 fully saturated rings. The van der Waals surface area contributed by atoms with Gasteiger partial charge in [0.2, 0.25) is 0 Å². The number of aromatic carboxylic acids is 1. The standard InChI is InChI=1S/C36H38FN7O5S2/c1-22-25-9-6-17-44(33(25)42-41-32(22)40-35-38-27-10-3-4-11-29(27)50-35)36-39-31(34(47)48)30(51-36)12-7-19-49-28-14-13-23(20-26(28)37)8-5-16-43(2)18-15-24(46)21-45/h3-4,10-11,13-14,20,24,45-46H,6-7,9,12,15-19,21H2,1-2H3,(H,47,48)(H,38,40,41)/t24-/m0/s1. The second-order valence-electron chi connectivity index (χ2n) is 12.2. The highest BCUT2D eigenvalue weighted by atomic mass is 32.1. The van der Waals surface area contributed by atoms with Crippen molar-refractivity contribution in [3.63, 3.8) is 0 Å². The molecule has 1 atom stereocenters. The van der Waals surface area contributed by atoms with E-state index in [4.69, 9.17) is 9.84 Å². The third-order valence-corrected chi connectivity index (χ3v) is 10.5. The zero-order valence-corrected chi connectivity index (χ0v) is 29.9. The summed E-state index contributed by atoms with van der Waals surface area (Å²) in [5.41, 5.74) is 3.40. The second kappa shape index (κ2) is 16.5. The van der Waals surface area contributed by atoms with Gasteiger partial charge < -0.3 is 30.3 Å². The summed E-state index contributed by atoms with van der Waals surface area (Å²) in [5.74, 6) is 5.66. The minimum atomic E-state index is -1.11. The molecular formula is C36H38FN7O5S2. The van der Waals surface area contributed by atoms with Crippen molar-refractivity contribution in [3.8, 4) is 17.6 Å². The lowest BCUT2D eigenvalue weighted by molar-refractivity contribution is 0.0690. The maximum absolute atomic E-state index is 14.8. The molecule has 0 saturated heterocycles. The van der Waals surface area contributed by atoms with E-state index in [-0.39, 0.29) is 24.7 Å². The van der Waals surface area contributed by atoms with Gasteiger partial charge in [-0.3, -0.25) is 4.90 Å². The molecule has 0 bridgehead atoms. The molecule has 4 heterocycles. The fraction of sp³-hybridized carbons (Fsp3) is 0.361. The number of halogens is 1. The normalized spacial score (nSPS) is 13.2. The van der Waals surface area contributed by atoms with Gasteiger partial charge in [0.25, 0.3) is 0 Å². The zero-order chi connectivity index (χ0) is 35.9. The average Bonchev–Trinajstić information content (AvgIpc) is 3.75. The number of aliphatic hydroxyl groups excluding tert-OH is 2. The highest BCUT2D eigenvalue weighted by Gasteiger charge is 2.28. The van der Waals surface area contributed by atoms with Crippen LogP contribution in [-0.4, -0.2) is 92.4 Å². The van der Waals surface area contributed by atoms with Crippen molar-refractivity contribution in [3.05, 3.63) is 75.5 Å². The number of benzene rings is 2. The average molecular weight is 732 g/mol. The third kappa shape index (κ3) is 8.78. The van der Waals surface area contributed by atoms with E-state index in [0.717, 1.165) is 39.3 Å². The Hall–Kier alpha value is -4.72. The van der Waals surface area contributed by atoms with E-state index < -0.39 is 17.9 Å². The quantitative estimate of drug-likeness (QED) is 0.0835. The smallest absolute Gasteiger partial charge is 0.355 e. The Labute approximate surface area is 302 Å². The number of para-hydroxylation sites is 1. The summed E-state index contributed by atoms with van der Waals surface area (Å²) in [6, 6.07) is 12.5. The number of aryl methyl sites for hydroxylation is 1. The molecule has 15 heteroatoms. The summed E-state index contributed by atoms with van der Waals surface area (Å²) in [6.07, 6.45) is 2.18. The van der Waals surface area contributed by atoms with Crippen LogP contribution >= 0.6 is 22.7 Å². The van der Waals surface area contributed by atoms with E-state index >= 15 is 0 Å². The van der Waals surface area contributed by atoms with Gasteiger partial charge in [-0.05, 0) is 76.4 Å². The van der Waals surface area contributed by atoms with Crippen molar-refractivity contribution in [1.82, 2.24) is 25.1 Å². The molecule has 1 aliphatic heterocycles. The topological polar surface area (TPSA) is 157 Å². The van der Waals surface area contributed by atoms with E-state index in [1.54, 1.807) is 17.4 Å². The van der Waals surface area contributed by atoms with Crippen LogP contribution in [0.1, 0.15) is 51.3 Å². The molecule has 3 aromatic heterocycles. The van der Waals surface area contributed by atoms with Crippen LogP contribution in [0.15, 0.2) is 42.5 Å². The first-order valence-corrected chi connectivity index (χ1v) is 18.2. The van der Waals surface area contributed by atoms with Crippen LogP contribution in [0, 0.1) is 24.6 Å².